The number of hydrogen-bond acceptors (Lipinski definition) is 4. The molecule has 2 rings (SSSR count). The number of nitrogens with one attached hydrogen (secondary N) is 1. The summed E-state index contributed by atoms with van der Waals surface area (Å²) in [6.07, 6.45) is 2.66. The molecule has 1 aliphatic rings. The average Bonchev–Trinajstić information content (AvgIpc) is 3.14. The first-order chi connectivity index (χ1) is 10.5. The molecule has 22 heavy (non-hydrogen) atoms. The lowest BCUT2D eigenvalue weighted by molar-refractivity contribution is -0.129. The third-order valence-corrected chi connectivity index (χ3v) is 4.37. The van der Waals surface area contributed by atoms with Crippen LogP contribution in [0.1, 0.15) is 32.4 Å². The summed E-state index contributed by atoms with van der Waals surface area (Å²) in [4.78, 5) is 26.0. The van der Waals surface area contributed by atoms with E-state index in [-0.39, 0.29) is 42.7 Å². The van der Waals surface area contributed by atoms with Crippen molar-refractivity contribution in [1.29, 1.82) is 0 Å². The normalized spacial score (nSPS) is 21.0. The third kappa shape index (κ3) is 3.88. The molecule has 0 radical (unpaired) electrons. The van der Waals surface area contributed by atoms with Crippen LogP contribution in [-0.2, 0) is 16.1 Å². The Labute approximate surface area is 130 Å². The molecule has 0 unspecified atom stereocenters. The molecular formula is C16H24N2O4. The first kappa shape index (κ1) is 16.5. The van der Waals surface area contributed by atoms with Crippen molar-refractivity contribution < 1.29 is 19.1 Å². The highest BCUT2D eigenvalue weighted by atomic mass is 16.3. The first-order valence-corrected chi connectivity index (χ1v) is 7.76. The Morgan fingerprint density at radius 2 is 2.36 bits per heavy atom. The van der Waals surface area contributed by atoms with Crippen LogP contribution < -0.4 is 5.32 Å². The SMILES string of the molecule is CC[C@H](C)[C@H](CO)NC(=O)[C@H]1CC(=O)N(Cc2ccco2)C1. The minimum absolute atomic E-state index is 0.0411. The predicted molar refractivity (Wildman–Crippen MR) is 80.7 cm³/mol. The minimum Gasteiger partial charge on any atom is -0.467 e. The molecular weight excluding hydrogens is 284 g/mol. The number of carbonyl (C=O) groups is 2. The molecule has 1 saturated heterocycles. The molecule has 3 atom stereocenters. The van der Waals surface area contributed by atoms with Crippen molar-refractivity contribution in [2.45, 2.75) is 39.3 Å². The summed E-state index contributed by atoms with van der Waals surface area (Å²) in [5.41, 5.74) is 0. The maximum absolute atomic E-state index is 12.3. The lowest BCUT2D eigenvalue weighted by Gasteiger charge is -2.23. The highest BCUT2D eigenvalue weighted by Gasteiger charge is 2.35. The number of rotatable bonds is 7. The maximum Gasteiger partial charge on any atom is 0.225 e. The van der Waals surface area contributed by atoms with Gasteiger partial charge in [0.05, 0.1) is 31.4 Å². The lowest BCUT2D eigenvalue weighted by Crippen LogP contribution is -2.45. The molecule has 0 aliphatic carbocycles. The van der Waals surface area contributed by atoms with Gasteiger partial charge in [-0.15, -0.1) is 0 Å². The van der Waals surface area contributed by atoms with Gasteiger partial charge in [0, 0.05) is 13.0 Å². The van der Waals surface area contributed by atoms with Crippen LogP contribution in [0.2, 0.25) is 0 Å². The fraction of sp³-hybridized carbons (Fsp3) is 0.625. The van der Waals surface area contributed by atoms with E-state index in [0.29, 0.717) is 18.8 Å². The molecule has 1 aromatic rings. The Hall–Kier alpha value is -1.82. The van der Waals surface area contributed by atoms with Gasteiger partial charge in [-0.05, 0) is 18.1 Å². The van der Waals surface area contributed by atoms with Crippen molar-refractivity contribution in [3.63, 3.8) is 0 Å². The Balaban J connectivity index is 1.90. The highest BCUT2D eigenvalue weighted by molar-refractivity contribution is 5.89. The van der Waals surface area contributed by atoms with E-state index in [9.17, 15) is 14.7 Å². The van der Waals surface area contributed by atoms with Gasteiger partial charge in [-0.3, -0.25) is 9.59 Å². The van der Waals surface area contributed by atoms with Crippen LogP contribution in [0, 0.1) is 11.8 Å². The van der Waals surface area contributed by atoms with Crippen molar-refractivity contribution in [2.24, 2.45) is 11.8 Å². The van der Waals surface area contributed by atoms with Crippen LogP contribution in [0.4, 0.5) is 0 Å². The molecule has 0 aromatic carbocycles. The van der Waals surface area contributed by atoms with Gasteiger partial charge in [-0.25, -0.2) is 0 Å². The van der Waals surface area contributed by atoms with Crippen LogP contribution in [0.5, 0.6) is 0 Å². The van der Waals surface area contributed by atoms with Crippen molar-refractivity contribution in [3.05, 3.63) is 24.2 Å². The summed E-state index contributed by atoms with van der Waals surface area (Å²) in [7, 11) is 0. The predicted octanol–water partition coefficient (Wildman–Crippen LogP) is 1.15. The molecule has 2 N–H and O–H groups in total. The molecule has 2 amide bonds. The average molecular weight is 308 g/mol. The fourth-order valence-electron chi connectivity index (χ4n) is 2.64. The Morgan fingerprint density at radius 3 is 2.95 bits per heavy atom. The Kier molecular flexibility index (Phi) is 5.60. The van der Waals surface area contributed by atoms with Gasteiger partial charge >= 0.3 is 0 Å². The summed E-state index contributed by atoms with van der Waals surface area (Å²) >= 11 is 0. The van der Waals surface area contributed by atoms with Crippen molar-refractivity contribution in [1.82, 2.24) is 10.2 Å². The van der Waals surface area contributed by atoms with Gasteiger partial charge in [-0.1, -0.05) is 20.3 Å². The van der Waals surface area contributed by atoms with E-state index in [1.54, 1.807) is 17.2 Å². The number of furan rings is 1. The lowest BCUT2D eigenvalue weighted by atomic mass is 9.98. The summed E-state index contributed by atoms with van der Waals surface area (Å²) in [6, 6.07) is 3.33. The summed E-state index contributed by atoms with van der Waals surface area (Å²) in [6.45, 7) is 4.71. The topological polar surface area (TPSA) is 82.8 Å². The molecule has 1 fully saturated rings. The summed E-state index contributed by atoms with van der Waals surface area (Å²) < 4.78 is 5.24. The number of carbonyl (C=O) groups excluding carboxylic acids is 2. The van der Waals surface area contributed by atoms with Crippen LogP contribution in [0.3, 0.4) is 0 Å². The standard InChI is InChI=1S/C16H24N2O4/c1-3-11(2)14(10-19)17-16(21)12-7-15(20)18(8-12)9-13-5-4-6-22-13/h4-6,11-12,14,19H,3,7-10H2,1-2H3,(H,17,21)/t11-,12-,14-/m0/s1. The van der Waals surface area contributed by atoms with Gasteiger partial charge in [0.2, 0.25) is 11.8 Å². The van der Waals surface area contributed by atoms with Gasteiger partial charge < -0.3 is 19.7 Å². The van der Waals surface area contributed by atoms with E-state index in [1.165, 1.54) is 0 Å². The van der Waals surface area contributed by atoms with E-state index in [2.05, 4.69) is 5.32 Å². The van der Waals surface area contributed by atoms with Crippen LogP contribution in [0.15, 0.2) is 22.8 Å². The second-order valence-electron chi connectivity index (χ2n) is 5.94. The largest absolute Gasteiger partial charge is 0.467 e. The minimum atomic E-state index is -0.361. The summed E-state index contributed by atoms with van der Waals surface area (Å²) in [5.74, 6) is 0.350. The smallest absolute Gasteiger partial charge is 0.225 e. The number of nitrogens with zero attached hydrogens (tertiary/aromatic N) is 1. The van der Waals surface area contributed by atoms with Crippen molar-refractivity contribution >= 4 is 11.8 Å². The second kappa shape index (κ2) is 7.45. The number of likely N-dealkylation sites (tertiary alicyclic amines) is 1. The van der Waals surface area contributed by atoms with Crippen LogP contribution in [0.25, 0.3) is 0 Å². The van der Waals surface area contributed by atoms with Crippen LogP contribution in [-0.4, -0.2) is 41.0 Å². The molecule has 1 aromatic heterocycles. The molecule has 2 heterocycles. The zero-order valence-electron chi connectivity index (χ0n) is 13.1. The van der Waals surface area contributed by atoms with E-state index in [0.717, 1.165) is 6.42 Å². The van der Waals surface area contributed by atoms with Gasteiger partial charge in [-0.2, -0.15) is 0 Å². The van der Waals surface area contributed by atoms with Crippen molar-refractivity contribution in [3.8, 4) is 0 Å². The second-order valence-corrected chi connectivity index (χ2v) is 5.94. The van der Waals surface area contributed by atoms with E-state index < -0.39 is 0 Å². The zero-order valence-corrected chi connectivity index (χ0v) is 13.1. The van der Waals surface area contributed by atoms with Crippen molar-refractivity contribution in [2.75, 3.05) is 13.2 Å². The maximum atomic E-state index is 12.3. The molecule has 122 valence electrons. The fourth-order valence-corrected chi connectivity index (χ4v) is 2.64. The van der Waals surface area contributed by atoms with Gasteiger partial charge in [0.25, 0.3) is 0 Å². The monoisotopic (exact) mass is 308 g/mol. The number of aliphatic hydroxyl groups excluding tert-OH is 1. The van der Waals surface area contributed by atoms with E-state index in [4.69, 9.17) is 4.42 Å². The Bertz CT molecular complexity index is 500. The molecule has 0 spiro atoms. The van der Waals surface area contributed by atoms with Gasteiger partial charge in [0.15, 0.2) is 0 Å². The Morgan fingerprint density at radius 1 is 1.59 bits per heavy atom. The molecule has 1 aliphatic heterocycles. The third-order valence-electron chi connectivity index (χ3n) is 4.37. The molecule has 6 heteroatoms. The zero-order chi connectivity index (χ0) is 16.1. The molecule has 0 saturated carbocycles. The number of aliphatic hydroxyl groups is 1. The molecule has 0 bridgehead atoms. The number of hydrogen-bond donors (Lipinski definition) is 2. The van der Waals surface area contributed by atoms with E-state index in [1.807, 2.05) is 19.9 Å². The quantitative estimate of drug-likeness (QED) is 0.791. The van der Waals surface area contributed by atoms with E-state index >= 15 is 0 Å². The van der Waals surface area contributed by atoms with Gasteiger partial charge in [0.1, 0.15) is 5.76 Å². The first-order valence-electron chi connectivity index (χ1n) is 7.76. The van der Waals surface area contributed by atoms with Crippen LogP contribution >= 0.6 is 0 Å². The number of amides is 2. The summed E-state index contributed by atoms with van der Waals surface area (Å²) in [5, 5.41) is 12.3. The molecule has 6 nitrogen and oxygen atoms in total. The highest BCUT2D eigenvalue weighted by Crippen LogP contribution is 2.21.